The summed E-state index contributed by atoms with van der Waals surface area (Å²) in [5.74, 6) is -2.02. The number of esters is 1. The molecule has 6 heteroatoms. The molecular weight excluding hydrogens is 299 g/mol. The minimum Gasteiger partial charge on any atom is -0.463 e. The zero-order valence-electron chi connectivity index (χ0n) is 13.3. The van der Waals surface area contributed by atoms with Gasteiger partial charge in [0.15, 0.2) is 0 Å². The van der Waals surface area contributed by atoms with Gasteiger partial charge in [0, 0.05) is 25.7 Å². The van der Waals surface area contributed by atoms with Crippen LogP contribution in [0.5, 0.6) is 0 Å². The lowest BCUT2D eigenvalue weighted by Crippen LogP contribution is -2.48. The maximum absolute atomic E-state index is 13.6. The van der Waals surface area contributed by atoms with E-state index in [4.69, 9.17) is 0 Å². The molecule has 1 saturated heterocycles. The summed E-state index contributed by atoms with van der Waals surface area (Å²) in [5, 5.41) is 2.60. The highest BCUT2D eigenvalue weighted by Crippen LogP contribution is 2.14. The molecule has 0 aromatic heterocycles. The highest BCUT2D eigenvalue weighted by molar-refractivity contribution is 6.00. The molecule has 0 spiro atoms. The van der Waals surface area contributed by atoms with Crippen LogP contribution in [0.1, 0.15) is 25.3 Å². The Morgan fingerprint density at radius 3 is 2.57 bits per heavy atom. The van der Waals surface area contributed by atoms with Crippen molar-refractivity contribution in [2.45, 2.75) is 38.5 Å². The molecular formula is C17H23FN2O3. The Morgan fingerprint density at radius 1 is 1.30 bits per heavy atom. The Bertz CT molecular complexity index is 516. The van der Waals surface area contributed by atoms with Crippen molar-refractivity contribution < 1.29 is 18.7 Å². The van der Waals surface area contributed by atoms with Gasteiger partial charge in [0.2, 0.25) is 0 Å². The van der Waals surface area contributed by atoms with Gasteiger partial charge in [-0.3, -0.25) is 9.69 Å². The van der Waals surface area contributed by atoms with Gasteiger partial charge in [0.05, 0.1) is 6.61 Å². The van der Waals surface area contributed by atoms with Crippen molar-refractivity contribution in [3.05, 3.63) is 35.9 Å². The van der Waals surface area contributed by atoms with Crippen LogP contribution in [0.4, 0.5) is 4.39 Å². The summed E-state index contributed by atoms with van der Waals surface area (Å²) < 4.78 is 18.1. The second-order valence-corrected chi connectivity index (χ2v) is 5.66. The molecule has 0 saturated carbocycles. The number of benzene rings is 1. The first-order chi connectivity index (χ1) is 11.1. The van der Waals surface area contributed by atoms with Gasteiger partial charge in [-0.25, -0.2) is 9.18 Å². The van der Waals surface area contributed by atoms with E-state index >= 15 is 0 Å². The molecule has 1 amide bonds. The molecule has 1 unspecified atom stereocenters. The van der Waals surface area contributed by atoms with Crippen molar-refractivity contribution in [2.75, 3.05) is 19.7 Å². The second-order valence-electron chi connectivity index (χ2n) is 5.66. The molecule has 1 N–H and O–H groups in total. The number of ether oxygens (including phenoxy) is 1. The molecule has 5 nitrogen and oxygen atoms in total. The van der Waals surface area contributed by atoms with E-state index in [0.29, 0.717) is 0 Å². The predicted molar refractivity (Wildman–Crippen MR) is 84.4 cm³/mol. The van der Waals surface area contributed by atoms with Gasteiger partial charge in [0.25, 0.3) is 12.1 Å². The molecule has 2 rings (SSSR count). The number of alkyl halides is 1. The van der Waals surface area contributed by atoms with E-state index in [1.807, 2.05) is 18.2 Å². The number of rotatable bonds is 6. The van der Waals surface area contributed by atoms with Crippen molar-refractivity contribution >= 4 is 11.9 Å². The fraction of sp³-hybridized carbons (Fsp3) is 0.529. The van der Waals surface area contributed by atoms with Crippen molar-refractivity contribution in [1.82, 2.24) is 10.2 Å². The van der Waals surface area contributed by atoms with Crippen LogP contribution in [0, 0.1) is 0 Å². The minimum absolute atomic E-state index is 0.0599. The summed E-state index contributed by atoms with van der Waals surface area (Å²) >= 11 is 0. The van der Waals surface area contributed by atoms with Crippen molar-refractivity contribution in [1.29, 1.82) is 0 Å². The number of piperidine rings is 1. The molecule has 1 aromatic rings. The molecule has 1 aromatic carbocycles. The molecule has 1 aliphatic heterocycles. The quantitative estimate of drug-likeness (QED) is 0.639. The first-order valence-electron chi connectivity index (χ1n) is 7.97. The smallest absolute Gasteiger partial charge is 0.350 e. The number of hydrogen-bond acceptors (Lipinski definition) is 4. The fourth-order valence-corrected chi connectivity index (χ4v) is 2.67. The van der Waals surface area contributed by atoms with Crippen LogP contribution < -0.4 is 5.32 Å². The number of hydrogen-bond donors (Lipinski definition) is 1. The average Bonchev–Trinajstić information content (AvgIpc) is 2.57. The third-order valence-corrected chi connectivity index (χ3v) is 3.91. The number of carbonyl (C=O) groups excluding carboxylic acids is 2. The molecule has 1 atom stereocenters. The van der Waals surface area contributed by atoms with E-state index in [0.717, 1.165) is 32.5 Å². The van der Waals surface area contributed by atoms with E-state index in [2.05, 4.69) is 27.1 Å². The zero-order chi connectivity index (χ0) is 16.7. The lowest BCUT2D eigenvalue weighted by atomic mass is 10.0. The van der Waals surface area contributed by atoms with Gasteiger partial charge < -0.3 is 10.1 Å². The van der Waals surface area contributed by atoms with Gasteiger partial charge in [-0.1, -0.05) is 30.3 Å². The Morgan fingerprint density at radius 2 is 1.96 bits per heavy atom. The fourth-order valence-electron chi connectivity index (χ4n) is 2.67. The van der Waals surface area contributed by atoms with Gasteiger partial charge in [0.1, 0.15) is 0 Å². The third kappa shape index (κ3) is 5.32. The maximum atomic E-state index is 13.6. The lowest BCUT2D eigenvalue weighted by molar-refractivity contribution is -0.153. The van der Waals surface area contributed by atoms with E-state index in [1.165, 1.54) is 5.56 Å². The Kier molecular flexibility index (Phi) is 6.52. The minimum atomic E-state index is -2.24. The van der Waals surface area contributed by atoms with Crippen molar-refractivity contribution in [3.63, 3.8) is 0 Å². The average molecular weight is 322 g/mol. The van der Waals surface area contributed by atoms with Crippen LogP contribution in [0.15, 0.2) is 30.3 Å². The van der Waals surface area contributed by atoms with E-state index < -0.39 is 18.0 Å². The third-order valence-electron chi connectivity index (χ3n) is 3.91. The number of carbonyl (C=O) groups is 2. The molecule has 23 heavy (non-hydrogen) atoms. The summed E-state index contributed by atoms with van der Waals surface area (Å²) in [6.45, 7) is 4.16. The molecule has 1 aliphatic rings. The molecule has 126 valence electrons. The monoisotopic (exact) mass is 322 g/mol. The maximum Gasteiger partial charge on any atom is 0.350 e. The number of likely N-dealkylation sites (tertiary alicyclic amines) is 1. The van der Waals surface area contributed by atoms with E-state index in [-0.39, 0.29) is 12.6 Å². The van der Waals surface area contributed by atoms with Crippen LogP contribution in [0.3, 0.4) is 0 Å². The summed E-state index contributed by atoms with van der Waals surface area (Å²) in [7, 11) is 0. The number of amides is 1. The second kappa shape index (κ2) is 8.62. The molecule has 0 aliphatic carbocycles. The summed E-state index contributed by atoms with van der Waals surface area (Å²) in [6.07, 6.45) is -0.750. The number of nitrogens with one attached hydrogen (secondary N) is 1. The van der Waals surface area contributed by atoms with Crippen LogP contribution in [-0.4, -0.2) is 48.7 Å². The first kappa shape index (κ1) is 17.4. The Balaban J connectivity index is 1.74. The summed E-state index contributed by atoms with van der Waals surface area (Å²) in [6, 6.07) is 10.1. The van der Waals surface area contributed by atoms with Crippen LogP contribution >= 0.6 is 0 Å². The van der Waals surface area contributed by atoms with Crippen LogP contribution in [-0.2, 0) is 20.9 Å². The number of nitrogens with zero attached hydrogens (tertiary/aromatic N) is 1. The van der Waals surface area contributed by atoms with Gasteiger partial charge in [-0.15, -0.1) is 0 Å². The highest BCUT2D eigenvalue weighted by atomic mass is 19.1. The normalized spacial score (nSPS) is 17.5. The number of halogens is 1. The highest BCUT2D eigenvalue weighted by Gasteiger charge is 2.30. The van der Waals surface area contributed by atoms with Crippen LogP contribution in [0.2, 0.25) is 0 Å². The van der Waals surface area contributed by atoms with Gasteiger partial charge >= 0.3 is 5.97 Å². The van der Waals surface area contributed by atoms with Gasteiger partial charge in [-0.2, -0.15) is 0 Å². The largest absolute Gasteiger partial charge is 0.463 e. The van der Waals surface area contributed by atoms with Crippen molar-refractivity contribution in [3.8, 4) is 0 Å². The van der Waals surface area contributed by atoms with E-state index in [1.54, 1.807) is 6.92 Å². The lowest BCUT2D eigenvalue weighted by Gasteiger charge is -2.32. The Hall–Kier alpha value is -1.95. The predicted octanol–water partition coefficient (Wildman–Crippen LogP) is 1.67. The molecule has 0 radical (unpaired) electrons. The Labute approximate surface area is 135 Å². The summed E-state index contributed by atoms with van der Waals surface area (Å²) in [5.41, 5.74) is 1.25. The topological polar surface area (TPSA) is 58.6 Å². The standard InChI is InChI=1S/C17H23FN2O3/c1-2-23-17(22)15(18)16(21)19-14-8-10-20(11-9-14)12-13-6-4-3-5-7-13/h3-7,14-15H,2,8-12H2,1H3,(H,19,21). The van der Waals surface area contributed by atoms with Crippen LogP contribution in [0.25, 0.3) is 0 Å². The van der Waals surface area contributed by atoms with Crippen molar-refractivity contribution in [2.24, 2.45) is 0 Å². The molecule has 1 fully saturated rings. The molecule has 0 bridgehead atoms. The first-order valence-corrected chi connectivity index (χ1v) is 7.97. The van der Waals surface area contributed by atoms with E-state index in [9.17, 15) is 14.0 Å². The SMILES string of the molecule is CCOC(=O)C(F)C(=O)NC1CCN(Cc2ccccc2)CC1. The zero-order valence-corrected chi connectivity index (χ0v) is 13.3. The van der Waals surface area contributed by atoms with Gasteiger partial charge in [-0.05, 0) is 25.3 Å². The summed E-state index contributed by atoms with van der Waals surface area (Å²) in [4.78, 5) is 25.2. The molecule has 1 heterocycles.